The van der Waals surface area contributed by atoms with Crippen molar-refractivity contribution in [2.24, 2.45) is 5.92 Å². The Bertz CT molecular complexity index is 2730. The molecule has 5 aliphatic rings. The van der Waals surface area contributed by atoms with Gasteiger partial charge in [0.05, 0.1) is 17.3 Å². The Labute approximate surface area is 371 Å². The number of amides is 2. The monoisotopic (exact) mass is 885 g/mol. The highest BCUT2D eigenvalue weighted by Crippen LogP contribution is 2.45. The van der Waals surface area contributed by atoms with Gasteiger partial charge < -0.3 is 24.6 Å². The summed E-state index contributed by atoms with van der Waals surface area (Å²) in [6, 6.07) is 27.8. The Kier molecular flexibility index (Phi) is 11.1. The molecule has 4 aliphatic heterocycles. The summed E-state index contributed by atoms with van der Waals surface area (Å²) in [7, 11) is 0. The molecule has 1 aliphatic carbocycles. The minimum Gasteiger partial charge on any atom is -0.477 e. The Morgan fingerprint density at radius 1 is 0.891 bits per heavy atom. The maximum atomic E-state index is 16.8. The lowest BCUT2D eigenvalue weighted by Gasteiger charge is -2.50. The number of benzene rings is 4. The number of rotatable bonds is 12. The molecule has 64 heavy (non-hydrogen) atoms. The van der Waals surface area contributed by atoms with Crippen LogP contribution in [0.25, 0.3) is 10.9 Å². The maximum absolute atomic E-state index is 16.8. The Balaban J connectivity index is 0.960. The minimum absolute atomic E-state index is 0.0126. The number of piperidine rings is 1. The molecule has 328 valence electrons. The molecule has 5 heterocycles. The number of nitrogens with one attached hydrogen (secondary N) is 1. The largest absolute Gasteiger partial charge is 0.477 e. The first-order chi connectivity index (χ1) is 31.0. The second-order valence-corrected chi connectivity index (χ2v) is 18.4. The zero-order valence-electron chi connectivity index (χ0n) is 34.7. The van der Waals surface area contributed by atoms with E-state index >= 15 is 8.78 Å². The van der Waals surface area contributed by atoms with Gasteiger partial charge in [0.2, 0.25) is 11.3 Å². The Hall–Kier alpha value is -6.32. The van der Waals surface area contributed by atoms with E-state index in [0.717, 1.165) is 35.6 Å². The van der Waals surface area contributed by atoms with Crippen LogP contribution in [0, 0.1) is 17.6 Å². The van der Waals surface area contributed by atoms with Crippen LogP contribution in [0.1, 0.15) is 64.9 Å². The highest BCUT2D eigenvalue weighted by molar-refractivity contribution is 8.00. The molecule has 0 unspecified atom stereocenters. The lowest BCUT2D eigenvalue weighted by Crippen LogP contribution is -2.71. The summed E-state index contributed by atoms with van der Waals surface area (Å²) in [6.07, 6.45) is 3.46. The molecule has 15 heteroatoms. The summed E-state index contributed by atoms with van der Waals surface area (Å²) in [5.74, 6) is -4.29. The van der Waals surface area contributed by atoms with Crippen molar-refractivity contribution < 1.29 is 37.8 Å². The lowest BCUT2D eigenvalue weighted by molar-refractivity contribution is -0.154. The first kappa shape index (κ1) is 41.7. The molecule has 10 rings (SSSR count). The van der Waals surface area contributed by atoms with Crippen molar-refractivity contribution >= 4 is 52.1 Å². The van der Waals surface area contributed by atoms with Crippen molar-refractivity contribution in [2.45, 2.75) is 61.7 Å². The van der Waals surface area contributed by atoms with Gasteiger partial charge in [0.1, 0.15) is 34.2 Å². The van der Waals surface area contributed by atoms with Gasteiger partial charge in [0, 0.05) is 43.7 Å². The smallest absolute Gasteiger partial charge is 0.356 e. The van der Waals surface area contributed by atoms with Gasteiger partial charge in [0.25, 0.3) is 5.91 Å². The number of aromatic nitrogens is 1. The van der Waals surface area contributed by atoms with Crippen LogP contribution in [-0.4, -0.2) is 92.6 Å². The molecule has 5 aromatic rings. The van der Waals surface area contributed by atoms with Gasteiger partial charge in [0.15, 0.2) is 11.9 Å². The van der Waals surface area contributed by atoms with E-state index < -0.39 is 58.0 Å². The van der Waals surface area contributed by atoms with Gasteiger partial charge >= 0.3 is 11.9 Å². The summed E-state index contributed by atoms with van der Waals surface area (Å²) in [5.41, 5.74) is 1.32. The van der Waals surface area contributed by atoms with E-state index in [1.165, 1.54) is 27.4 Å². The van der Waals surface area contributed by atoms with Crippen LogP contribution in [0.4, 0.5) is 14.5 Å². The average Bonchev–Trinajstić information content (AvgIpc) is 4.06. The lowest BCUT2D eigenvalue weighted by atomic mass is 9.91. The Morgan fingerprint density at radius 3 is 2.22 bits per heavy atom. The summed E-state index contributed by atoms with van der Waals surface area (Å²) >= 11 is 1.47. The molecular weight excluding hydrogens is 841 g/mol. The second-order valence-electron chi connectivity index (χ2n) is 17.3. The zero-order chi connectivity index (χ0) is 44.2. The number of hydrogen-bond donors (Lipinski definition) is 2. The predicted octanol–water partition coefficient (Wildman–Crippen LogP) is 6.44. The number of carboxylic acid groups (broad SMARTS) is 1. The molecule has 0 radical (unpaired) electrons. The summed E-state index contributed by atoms with van der Waals surface area (Å²) in [6.45, 7) is 1.53. The molecule has 12 nitrogen and oxygen atoms in total. The fourth-order valence-electron chi connectivity index (χ4n) is 9.96. The van der Waals surface area contributed by atoms with Crippen LogP contribution in [0.15, 0.2) is 119 Å². The highest BCUT2D eigenvalue weighted by atomic mass is 32.2. The average molecular weight is 886 g/mol. The van der Waals surface area contributed by atoms with Gasteiger partial charge in [-0.2, -0.15) is 0 Å². The fraction of sp³-hybridized carbons (Fsp3) is 0.327. The van der Waals surface area contributed by atoms with E-state index in [9.17, 15) is 29.1 Å². The molecule has 2 N–H and O–H groups in total. The third kappa shape index (κ3) is 7.63. The molecule has 0 bridgehead atoms. The number of carbonyl (C=O) groups is 4. The van der Waals surface area contributed by atoms with Crippen molar-refractivity contribution in [3.8, 4) is 0 Å². The number of aromatic carboxylic acids is 1. The number of ether oxygens (including phenoxy) is 1. The van der Waals surface area contributed by atoms with Gasteiger partial charge in [-0.05, 0) is 66.5 Å². The van der Waals surface area contributed by atoms with Crippen LogP contribution in [0.3, 0.4) is 0 Å². The summed E-state index contributed by atoms with van der Waals surface area (Å²) in [4.78, 5) is 72.6. The first-order valence-electron chi connectivity index (χ1n) is 21.7. The number of carboxylic acids is 1. The van der Waals surface area contributed by atoms with Crippen molar-refractivity contribution in [1.82, 2.24) is 19.7 Å². The molecule has 1 aromatic heterocycles. The fourth-order valence-corrected chi connectivity index (χ4v) is 11.3. The van der Waals surface area contributed by atoms with E-state index in [1.54, 1.807) is 4.90 Å². The number of likely N-dealkylation sites (tertiary alicyclic amines) is 1. The van der Waals surface area contributed by atoms with Gasteiger partial charge in [-0.25, -0.2) is 18.4 Å². The Morgan fingerprint density at radius 2 is 1.56 bits per heavy atom. The van der Waals surface area contributed by atoms with Crippen molar-refractivity contribution in [2.75, 3.05) is 36.8 Å². The van der Waals surface area contributed by atoms with E-state index in [4.69, 9.17) is 4.74 Å². The van der Waals surface area contributed by atoms with Crippen LogP contribution < -0.4 is 15.6 Å². The van der Waals surface area contributed by atoms with Gasteiger partial charge in [-0.15, -0.1) is 11.8 Å². The number of fused-ring (bicyclic) bond motifs is 3. The van der Waals surface area contributed by atoms with Crippen LogP contribution in [-0.2, 0) is 25.5 Å². The van der Waals surface area contributed by atoms with Gasteiger partial charge in [-0.1, -0.05) is 91.0 Å². The third-order valence-electron chi connectivity index (χ3n) is 13.2. The minimum atomic E-state index is -1.45. The summed E-state index contributed by atoms with van der Waals surface area (Å²) in [5, 5.41) is 11.8. The van der Waals surface area contributed by atoms with E-state index in [1.807, 2.05) is 91.0 Å². The zero-order valence-corrected chi connectivity index (χ0v) is 35.5. The number of β-lactam (4-membered cyclic amide) rings is 1. The second kappa shape index (κ2) is 17.0. The molecule has 4 fully saturated rings. The number of pyridine rings is 1. The number of carbonyl (C=O) groups excluding carboxylic acids is 3. The molecule has 4 aromatic carbocycles. The molecule has 0 spiro atoms. The molecule has 3 saturated heterocycles. The van der Waals surface area contributed by atoms with Crippen LogP contribution in [0.5, 0.6) is 0 Å². The van der Waals surface area contributed by atoms with Crippen molar-refractivity contribution in [3.05, 3.63) is 159 Å². The number of hydrogen-bond acceptors (Lipinski definition) is 9. The topological polar surface area (TPSA) is 141 Å². The van der Waals surface area contributed by atoms with Crippen LogP contribution in [0.2, 0.25) is 0 Å². The van der Waals surface area contributed by atoms with E-state index in [2.05, 4.69) is 10.2 Å². The number of halogens is 2. The molecule has 2 amide bonds. The predicted molar refractivity (Wildman–Crippen MR) is 237 cm³/mol. The SMILES string of the molecule is O=C(Cc1ccccc1)N[C@@H]1C(=O)N2C(C(=O)OC(c3ccccc3)c3ccccc3)=C(CN3CCC[C@H]4CN(c5c(F)cc6c(=O)c(C(=O)O)cn(C7CC7)c6c5F)C[C@H]43)CS[C@H]12. The highest BCUT2D eigenvalue weighted by Gasteiger charge is 2.55. The number of nitrogens with zero attached hydrogens (tertiary/aromatic N) is 4. The number of anilines is 1. The van der Waals surface area contributed by atoms with Crippen LogP contribution >= 0.6 is 11.8 Å². The van der Waals surface area contributed by atoms with Crippen molar-refractivity contribution in [1.29, 1.82) is 0 Å². The maximum Gasteiger partial charge on any atom is 0.356 e. The molecular formula is C49H45F2N5O7S. The standard InChI is InChI=1S/C49H45F2N5O7S/c50-36-22-34-42(55(33-18-19-33)25-35(44(34)58)48(60)61)39(51)43(36)54-23-31-17-10-20-53(37(31)26-54)24-32-27-64-47-40(52-38(57)21-28-11-4-1-5-12-28)46(59)56(47)41(32)49(62)63-45(29-13-6-2-7-14-29)30-15-8-3-9-16-30/h1-9,11-16,22,25,31,33,37,40,45,47H,10,17-21,23-24,26-27H2,(H,52,57)(H,60,61)/t31-,37+,40+,47+/m0/s1. The first-order valence-corrected chi connectivity index (χ1v) is 22.7. The quantitative estimate of drug-likeness (QED) is 0.106. The number of esters is 1. The van der Waals surface area contributed by atoms with E-state index in [0.29, 0.717) is 37.3 Å². The molecule has 1 saturated carbocycles. The van der Waals surface area contributed by atoms with Gasteiger partial charge in [-0.3, -0.25) is 24.2 Å². The number of thioether (sulfide) groups is 1. The van der Waals surface area contributed by atoms with Crippen molar-refractivity contribution in [3.63, 3.8) is 0 Å². The summed E-state index contributed by atoms with van der Waals surface area (Å²) < 4.78 is 40.8. The van der Waals surface area contributed by atoms with E-state index in [-0.39, 0.29) is 65.7 Å². The molecule has 4 atom stereocenters. The normalized spacial score (nSPS) is 22.0. The third-order valence-corrected chi connectivity index (χ3v) is 14.5.